The molecule has 0 unspecified atom stereocenters. The van der Waals surface area contributed by atoms with Crippen molar-refractivity contribution in [2.45, 2.75) is 31.7 Å². The van der Waals surface area contributed by atoms with Crippen molar-refractivity contribution in [3.63, 3.8) is 0 Å². The third-order valence-electron chi connectivity index (χ3n) is 4.20. The third-order valence-corrected chi connectivity index (χ3v) is 4.20. The lowest BCUT2D eigenvalue weighted by atomic mass is 10.1. The minimum Gasteiger partial charge on any atom is -0.352 e. The molecule has 1 aromatic rings. The summed E-state index contributed by atoms with van der Waals surface area (Å²) in [5, 5.41) is 13.8. The molecule has 8 heteroatoms. The second-order valence-corrected chi connectivity index (χ2v) is 5.70. The lowest BCUT2D eigenvalue weighted by Gasteiger charge is -2.16. The maximum absolute atomic E-state index is 12.3. The number of nitro benzene ring substituents is 1. The van der Waals surface area contributed by atoms with Gasteiger partial charge in [-0.15, -0.1) is 0 Å². The van der Waals surface area contributed by atoms with Gasteiger partial charge in [-0.1, -0.05) is 18.9 Å². The maximum atomic E-state index is 12.3. The number of nitro groups is 1. The lowest BCUT2D eigenvalue weighted by molar-refractivity contribution is -0.385. The van der Waals surface area contributed by atoms with E-state index in [4.69, 9.17) is 0 Å². The van der Waals surface area contributed by atoms with Crippen molar-refractivity contribution in [3.8, 4) is 0 Å². The highest BCUT2D eigenvalue weighted by molar-refractivity contribution is 6.24. The molecular formula is C15H15N3O5. The van der Waals surface area contributed by atoms with Crippen molar-refractivity contribution in [2.75, 3.05) is 6.54 Å². The fraction of sp³-hybridized carbons (Fsp3) is 0.400. The Balaban J connectivity index is 1.79. The summed E-state index contributed by atoms with van der Waals surface area (Å²) in [6.07, 6.45) is 3.87. The van der Waals surface area contributed by atoms with Crippen molar-refractivity contribution >= 4 is 23.4 Å². The van der Waals surface area contributed by atoms with Gasteiger partial charge in [0.05, 0.1) is 10.5 Å². The molecule has 0 aromatic heterocycles. The number of nitrogens with zero attached hydrogens (tertiary/aromatic N) is 2. The van der Waals surface area contributed by atoms with Gasteiger partial charge in [0.2, 0.25) is 5.91 Å². The van der Waals surface area contributed by atoms with E-state index < -0.39 is 34.9 Å². The summed E-state index contributed by atoms with van der Waals surface area (Å²) in [5.74, 6) is -1.89. The van der Waals surface area contributed by atoms with Crippen LogP contribution >= 0.6 is 0 Å². The topological polar surface area (TPSA) is 110 Å². The minimum absolute atomic E-state index is 0.0298. The van der Waals surface area contributed by atoms with Gasteiger partial charge in [0.1, 0.15) is 12.1 Å². The maximum Gasteiger partial charge on any atom is 0.282 e. The van der Waals surface area contributed by atoms with Crippen LogP contribution < -0.4 is 5.32 Å². The molecule has 8 nitrogen and oxygen atoms in total. The van der Waals surface area contributed by atoms with Gasteiger partial charge in [-0.25, -0.2) is 0 Å². The van der Waals surface area contributed by atoms with Crippen LogP contribution in [-0.4, -0.2) is 40.1 Å². The zero-order valence-corrected chi connectivity index (χ0v) is 12.3. The standard InChI is InChI=1S/C15H15N3O5/c19-12(16-9-4-1-2-5-9)8-17-14(20)10-6-3-7-11(18(22)23)13(10)15(17)21/h3,6-7,9H,1-2,4-5,8H2,(H,16,19). The number of carbonyl (C=O) groups excluding carboxylic acids is 3. The number of carbonyl (C=O) groups is 3. The van der Waals surface area contributed by atoms with E-state index in [-0.39, 0.29) is 17.2 Å². The summed E-state index contributed by atoms with van der Waals surface area (Å²) in [5.41, 5.74) is -0.686. The molecule has 0 bridgehead atoms. The van der Waals surface area contributed by atoms with E-state index in [0.29, 0.717) is 0 Å². The minimum atomic E-state index is -0.793. The average molecular weight is 317 g/mol. The lowest BCUT2D eigenvalue weighted by Crippen LogP contribution is -2.43. The molecular weight excluding hydrogens is 302 g/mol. The van der Waals surface area contributed by atoms with Crippen LogP contribution in [0, 0.1) is 10.1 Å². The van der Waals surface area contributed by atoms with Gasteiger partial charge in [-0.2, -0.15) is 0 Å². The molecule has 23 heavy (non-hydrogen) atoms. The average Bonchev–Trinajstić information content (AvgIpc) is 3.10. The number of fused-ring (bicyclic) bond motifs is 1. The highest BCUT2D eigenvalue weighted by atomic mass is 16.6. The van der Waals surface area contributed by atoms with Gasteiger partial charge >= 0.3 is 0 Å². The third kappa shape index (κ3) is 2.67. The number of imide groups is 1. The van der Waals surface area contributed by atoms with E-state index in [1.165, 1.54) is 18.2 Å². The molecule has 1 N–H and O–H groups in total. The van der Waals surface area contributed by atoms with Gasteiger partial charge in [-0.05, 0) is 18.9 Å². The van der Waals surface area contributed by atoms with Crippen molar-refractivity contribution in [1.29, 1.82) is 0 Å². The Morgan fingerprint density at radius 1 is 1.26 bits per heavy atom. The van der Waals surface area contributed by atoms with Crippen LogP contribution in [0.4, 0.5) is 5.69 Å². The van der Waals surface area contributed by atoms with Crippen molar-refractivity contribution < 1.29 is 19.3 Å². The monoisotopic (exact) mass is 317 g/mol. The van der Waals surface area contributed by atoms with E-state index >= 15 is 0 Å². The van der Waals surface area contributed by atoms with Crippen molar-refractivity contribution in [2.24, 2.45) is 0 Å². The molecule has 1 saturated carbocycles. The van der Waals surface area contributed by atoms with Crippen molar-refractivity contribution in [1.82, 2.24) is 10.2 Å². The van der Waals surface area contributed by atoms with E-state index in [9.17, 15) is 24.5 Å². The first kappa shape index (κ1) is 15.1. The van der Waals surface area contributed by atoms with Gasteiger partial charge in [0.25, 0.3) is 17.5 Å². The van der Waals surface area contributed by atoms with Gasteiger partial charge in [-0.3, -0.25) is 29.4 Å². The number of hydrogen-bond acceptors (Lipinski definition) is 5. The first-order valence-corrected chi connectivity index (χ1v) is 7.42. The van der Waals surface area contributed by atoms with E-state index in [1.54, 1.807) is 0 Å². The molecule has 1 aromatic carbocycles. The molecule has 1 aliphatic carbocycles. The Kier molecular flexibility index (Phi) is 3.81. The van der Waals surface area contributed by atoms with E-state index in [1.807, 2.05) is 0 Å². The summed E-state index contributed by atoms with van der Waals surface area (Å²) in [6, 6.07) is 3.96. The largest absolute Gasteiger partial charge is 0.352 e. The van der Waals surface area contributed by atoms with Gasteiger partial charge < -0.3 is 5.32 Å². The van der Waals surface area contributed by atoms with Crippen LogP contribution in [0.2, 0.25) is 0 Å². The fourth-order valence-corrected chi connectivity index (χ4v) is 3.10. The summed E-state index contributed by atoms with van der Waals surface area (Å²) in [4.78, 5) is 47.7. The van der Waals surface area contributed by atoms with Crippen LogP contribution in [0.5, 0.6) is 0 Å². The summed E-state index contributed by atoms with van der Waals surface area (Å²) < 4.78 is 0. The molecule has 3 amide bonds. The van der Waals surface area contributed by atoms with Crippen LogP contribution in [0.1, 0.15) is 46.4 Å². The summed E-state index contributed by atoms with van der Waals surface area (Å²) >= 11 is 0. The first-order chi connectivity index (χ1) is 11.0. The Morgan fingerprint density at radius 3 is 2.61 bits per heavy atom. The van der Waals surface area contributed by atoms with Gasteiger partial charge in [0, 0.05) is 12.1 Å². The molecule has 0 radical (unpaired) electrons. The molecule has 0 saturated heterocycles. The van der Waals surface area contributed by atoms with Crippen LogP contribution in [0.15, 0.2) is 18.2 Å². The second-order valence-electron chi connectivity index (χ2n) is 5.70. The zero-order chi connectivity index (χ0) is 16.6. The highest BCUT2D eigenvalue weighted by Crippen LogP contribution is 2.30. The molecule has 120 valence electrons. The number of benzene rings is 1. The molecule has 3 rings (SSSR count). The van der Waals surface area contributed by atoms with Crippen LogP contribution in [-0.2, 0) is 4.79 Å². The number of amides is 3. The quantitative estimate of drug-likeness (QED) is 0.510. The van der Waals surface area contributed by atoms with Gasteiger partial charge in [0.15, 0.2) is 0 Å². The predicted molar refractivity (Wildman–Crippen MR) is 78.9 cm³/mol. The Hall–Kier alpha value is -2.77. The Labute approximate surface area is 131 Å². The SMILES string of the molecule is O=C(CN1C(=O)c2cccc([N+](=O)[O-])c2C1=O)NC1CCCC1. The highest BCUT2D eigenvalue weighted by Gasteiger charge is 2.41. The second kappa shape index (κ2) is 5.79. The summed E-state index contributed by atoms with van der Waals surface area (Å²) in [6.45, 7) is -0.417. The van der Waals surface area contributed by atoms with Crippen molar-refractivity contribution in [3.05, 3.63) is 39.4 Å². The van der Waals surface area contributed by atoms with Crippen LogP contribution in [0.25, 0.3) is 0 Å². The molecule has 2 aliphatic rings. The molecule has 1 fully saturated rings. The Bertz CT molecular complexity index is 709. The van der Waals surface area contributed by atoms with E-state index in [0.717, 1.165) is 30.6 Å². The smallest absolute Gasteiger partial charge is 0.282 e. The molecule has 0 atom stereocenters. The number of rotatable bonds is 4. The molecule has 1 heterocycles. The zero-order valence-electron chi connectivity index (χ0n) is 12.3. The van der Waals surface area contributed by atoms with E-state index in [2.05, 4.69) is 5.32 Å². The number of nitrogens with one attached hydrogen (secondary N) is 1. The van der Waals surface area contributed by atoms with Crippen LogP contribution in [0.3, 0.4) is 0 Å². The predicted octanol–water partition coefficient (Wildman–Crippen LogP) is 1.25. The molecule has 1 aliphatic heterocycles. The Morgan fingerprint density at radius 2 is 1.96 bits per heavy atom. The fourth-order valence-electron chi connectivity index (χ4n) is 3.10. The number of hydrogen-bond donors (Lipinski definition) is 1. The summed E-state index contributed by atoms with van der Waals surface area (Å²) in [7, 11) is 0. The first-order valence-electron chi connectivity index (χ1n) is 7.42. The molecule has 0 spiro atoms. The normalized spacial score (nSPS) is 17.5.